The molecule has 0 amide bonds. The summed E-state index contributed by atoms with van der Waals surface area (Å²) in [7, 11) is 0. The first-order valence-corrected chi connectivity index (χ1v) is 4.99. The molecule has 1 rings (SSSR count). The maximum absolute atomic E-state index is 12.5. The molecule has 0 radical (unpaired) electrons. The van der Waals surface area contributed by atoms with Crippen LogP contribution in [-0.2, 0) is 16.0 Å². The van der Waals surface area contributed by atoms with Crippen LogP contribution in [0.1, 0.15) is 5.56 Å². The highest BCUT2D eigenvalue weighted by atomic mass is 19.4. The van der Waals surface area contributed by atoms with Crippen LogP contribution in [0.25, 0.3) is 0 Å². The molecule has 1 aromatic rings. The van der Waals surface area contributed by atoms with Gasteiger partial charge in [0.1, 0.15) is 0 Å². The fraction of sp³-hybridized carbons (Fsp3) is 0.364. The molecule has 19 heavy (non-hydrogen) atoms. The van der Waals surface area contributed by atoms with Gasteiger partial charge in [0.15, 0.2) is 0 Å². The molecule has 2 nitrogen and oxygen atoms in total. The molecule has 106 valence electrons. The van der Waals surface area contributed by atoms with Gasteiger partial charge in [-0.3, -0.25) is 0 Å². The topological polar surface area (TPSA) is 26.3 Å². The lowest BCUT2D eigenvalue weighted by molar-refractivity contribution is -0.244. The van der Waals surface area contributed by atoms with Gasteiger partial charge in [-0.25, -0.2) is 4.79 Å². The van der Waals surface area contributed by atoms with Gasteiger partial charge >= 0.3 is 18.3 Å². The lowest BCUT2D eigenvalue weighted by Crippen LogP contribution is -2.39. The Labute approximate surface area is 104 Å². The fourth-order valence-corrected chi connectivity index (χ4v) is 1.25. The van der Waals surface area contributed by atoms with Crippen molar-refractivity contribution in [2.75, 3.05) is 0 Å². The van der Waals surface area contributed by atoms with Gasteiger partial charge in [-0.05, 0) is 5.56 Å². The molecule has 8 heteroatoms. The van der Waals surface area contributed by atoms with Gasteiger partial charge in [-0.1, -0.05) is 30.3 Å². The van der Waals surface area contributed by atoms with E-state index in [1.807, 2.05) is 0 Å². The van der Waals surface area contributed by atoms with E-state index in [4.69, 9.17) is 0 Å². The van der Waals surface area contributed by atoms with Crippen LogP contribution in [0.2, 0.25) is 0 Å². The van der Waals surface area contributed by atoms with Crippen molar-refractivity contribution in [3.05, 3.63) is 35.9 Å². The summed E-state index contributed by atoms with van der Waals surface area (Å²) < 4.78 is 76.7. The van der Waals surface area contributed by atoms with Crippen LogP contribution in [0.3, 0.4) is 0 Å². The third-order valence-corrected chi connectivity index (χ3v) is 2.11. The van der Waals surface area contributed by atoms with Gasteiger partial charge in [0.05, 0.1) is 0 Å². The first-order valence-electron chi connectivity index (χ1n) is 4.99. The van der Waals surface area contributed by atoms with E-state index in [0.717, 1.165) is 0 Å². The predicted molar refractivity (Wildman–Crippen MR) is 52.1 cm³/mol. The molecule has 0 fully saturated rings. The van der Waals surface area contributed by atoms with E-state index in [1.54, 1.807) is 0 Å². The largest absolute Gasteiger partial charge is 0.490 e. The Morgan fingerprint density at radius 2 is 1.58 bits per heavy atom. The molecule has 0 aliphatic rings. The molecule has 0 aliphatic heterocycles. The first kappa shape index (κ1) is 15.3. The Kier molecular flexibility index (Phi) is 4.43. The minimum atomic E-state index is -5.46. The second-order valence-electron chi connectivity index (χ2n) is 3.62. The quantitative estimate of drug-likeness (QED) is 0.629. The Hall–Kier alpha value is -1.73. The van der Waals surface area contributed by atoms with E-state index in [2.05, 4.69) is 4.74 Å². The van der Waals surface area contributed by atoms with E-state index in [-0.39, 0.29) is 5.56 Å². The zero-order valence-electron chi connectivity index (χ0n) is 9.26. The van der Waals surface area contributed by atoms with E-state index >= 15 is 0 Å². The van der Waals surface area contributed by atoms with Crippen molar-refractivity contribution in [2.24, 2.45) is 0 Å². The molecule has 1 aromatic carbocycles. The molecule has 0 saturated carbocycles. The van der Waals surface area contributed by atoms with Gasteiger partial charge in [-0.15, -0.1) is 0 Å². The molecular weight excluding hydrogens is 278 g/mol. The zero-order chi connectivity index (χ0) is 14.7. The second kappa shape index (κ2) is 5.50. The van der Waals surface area contributed by atoms with Crippen LogP contribution in [-0.4, -0.2) is 24.4 Å². The third kappa shape index (κ3) is 4.80. The monoisotopic (exact) mass is 286 g/mol. The summed E-state index contributed by atoms with van der Waals surface area (Å²) in [5.41, 5.74) is 0.111. The summed E-state index contributed by atoms with van der Waals surface area (Å²) in [5, 5.41) is 0. The maximum Gasteiger partial charge on any atom is 0.490 e. The number of esters is 1. The molecule has 0 unspecified atom stereocenters. The van der Waals surface area contributed by atoms with E-state index < -0.39 is 30.8 Å². The van der Waals surface area contributed by atoms with Gasteiger partial charge in [0, 0.05) is 6.42 Å². The minimum absolute atomic E-state index is 0.111. The number of ether oxygens (including phenoxy) is 1. The van der Waals surface area contributed by atoms with Gasteiger partial charge < -0.3 is 4.74 Å². The normalized spacial score (nSPS) is 14.0. The van der Waals surface area contributed by atoms with Crippen LogP contribution in [0.15, 0.2) is 30.3 Å². The molecule has 0 spiro atoms. The number of halogens is 6. The molecule has 0 aromatic heterocycles. The fourth-order valence-electron chi connectivity index (χ4n) is 1.25. The molecule has 0 aliphatic carbocycles. The van der Waals surface area contributed by atoms with Crippen LogP contribution < -0.4 is 0 Å². The van der Waals surface area contributed by atoms with Crippen molar-refractivity contribution < 1.29 is 35.9 Å². The molecule has 0 bridgehead atoms. The van der Waals surface area contributed by atoms with E-state index in [0.29, 0.717) is 0 Å². The van der Waals surface area contributed by atoms with Crippen molar-refractivity contribution in [2.45, 2.75) is 24.9 Å². The second-order valence-corrected chi connectivity index (χ2v) is 3.62. The van der Waals surface area contributed by atoms with Crippen LogP contribution in [0.4, 0.5) is 26.3 Å². The van der Waals surface area contributed by atoms with Crippen LogP contribution in [0.5, 0.6) is 0 Å². The highest BCUT2D eigenvalue weighted by molar-refractivity contribution is 5.75. The molecule has 1 atom stereocenters. The Morgan fingerprint density at radius 1 is 1.05 bits per heavy atom. The molecular formula is C11H8F6O2. The maximum atomic E-state index is 12.5. The van der Waals surface area contributed by atoms with Crippen molar-refractivity contribution in [1.29, 1.82) is 0 Å². The number of hydrogen-bond donors (Lipinski definition) is 0. The van der Waals surface area contributed by atoms with Crippen LogP contribution in [0, 0.1) is 0 Å². The lowest BCUT2D eigenvalue weighted by atomic mass is 10.1. The van der Waals surface area contributed by atoms with E-state index in [1.165, 1.54) is 30.3 Å². The average molecular weight is 286 g/mol. The smallest absolute Gasteiger partial charge is 0.446 e. The number of carbonyl (C=O) groups is 1. The average Bonchev–Trinajstić information content (AvgIpc) is 2.27. The van der Waals surface area contributed by atoms with Crippen molar-refractivity contribution in [3.63, 3.8) is 0 Å². The summed E-state index contributed by atoms with van der Waals surface area (Å²) in [6, 6.07) is 6.97. The van der Waals surface area contributed by atoms with Gasteiger partial charge in [-0.2, -0.15) is 26.3 Å². The summed E-state index contributed by atoms with van der Waals surface area (Å²) >= 11 is 0. The highest BCUT2D eigenvalue weighted by Crippen LogP contribution is 2.28. The first-order chi connectivity index (χ1) is 8.60. The SMILES string of the molecule is O=C(O[C@@H](Cc1ccccc1)C(F)(F)F)C(F)(F)F. The lowest BCUT2D eigenvalue weighted by Gasteiger charge is -2.21. The molecule has 0 heterocycles. The van der Waals surface area contributed by atoms with Gasteiger partial charge in [0.25, 0.3) is 0 Å². The number of alkyl halides is 6. The minimum Gasteiger partial charge on any atom is -0.446 e. The number of carbonyl (C=O) groups excluding carboxylic acids is 1. The Balaban J connectivity index is 2.83. The summed E-state index contributed by atoms with van der Waals surface area (Å²) in [6.45, 7) is 0. The number of hydrogen-bond acceptors (Lipinski definition) is 2. The van der Waals surface area contributed by atoms with Crippen molar-refractivity contribution in [1.82, 2.24) is 0 Å². The third-order valence-electron chi connectivity index (χ3n) is 2.11. The summed E-state index contributed by atoms with van der Waals surface area (Å²) in [4.78, 5) is 10.5. The number of benzene rings is 1. The number of rotatable bonds is 3. The molecule has 0 saturated heterocycles. The summed E-state index contributed by atoms with van der Waals surface area (Å²) in [5.74, 6) is -2.86. The van der Waals surface area contributed by atoms with Gasteiger partial charge in [0.2, 0.25) is 6.10 Å². The highest BCUT2D eigenvalue weighted by Gasteiger charge is 2.49. The van der Waals surface area contributed by atoms with Crippen LogP contribution >= 0.6 is 0 Å². The van der Waals surface area contributed by atoms with Crippen molar-refractivity contribution >= 4 is 5.97 Å². The van der Waals surface area contributed by atoms with Crippen molar-refractivity contribution in [3.8, 4) is 0 Å². The zero-order valence-corrected chi connectivity index (χ0v) is 9.26. The van der Waals surface area contributed by atoms with E-state index in [9.17, 15) is 31.1 Å². The summed E-state index contributed by atoms with van der Waals surface area (Å²) in [6.07, 6.45) is -14.2. The predicted octanol–water partition coefficient (Wildman–Crippen LogP) is 3.27. The standard InChI is InChI=1S/C11H8F6O2/c12-10(13,14)8(19-9(18)11(15,16)17)6-7-4-2-1-3-5-7/h1-5,8H,6H2/t8-/m0/s1. The molecule has 0 N–H and O–H groups in total. The Bertz CT molecular complexity index is 423. The Morgan fingerprint density at radius 3 is 2.00 bits per heavy atom.